The second-order valence-corrected chi connectivity index (χ2v) is 4.28. The molecule has 1 aromatic heterocycles. The summed E-state index contributed by atoms with van der Waals surface area (Å²) >= 11 is 0. The molecule has 0 fully saturated rings. The molecule has 1 aromatic rings. The molecule has 0 aliphatic rings. The topological polar surface area (TPSA) is 48.6 Å². The Kier molecular flexibility index (Phi) is 5.52. The van der Waals surface area contributed by atoms with Gasteiger partial charge in [-0.05, 0) is 33.0 Å². The highest BCUT2D eigenvalue weighted by Crippen LogP contribution is 2.06. The quantitative estimate of drug-likeness (QED) is 0.686. The van der Waals surface area contributed by atoms with E-state index in [1.807, 2.05) is 6.07 Å². The van der Waals surface area contributed by atoms with Crippen molar-refractivity contribution in [2.75, 3.05) is 20.1 Å². The largest absolute Gasteiger partial charge is 0.462 e. The van der Waals surface area contributed by atoms with Crippen molar-refractivity contribution in [1.29, 1.82) is 0 Å². The lowest BCUT2D eigenvalue weighted by atomic mass is 10.3. The van der Waals surface area contributed by atoms with Crippen molar-refractivity contribution in [3.63, 3.8) is 0 Å². The first-order valence-corrected chi connectivity index (χ1v) is 5.73. The Morgan fingerprint density at radius 2 is 2.06 bits per heavy atom. The fourth-order valence-electron chi connectivity index (χ4n) is 1.33. The minimum Gasteiger partial charge on any atom is -0.462 e. The average molecular weight is 226 g/mol. The summed E-state index contributed by atoms with van der Waals surface area (Å²) in [5.74, 6) is 1.49. The molecule has 0 radical (unpaired) electrons. The number of hydrogen-bond acceptors (Lipinski definition) is 4. The summed E-state index contributed by atoms with van der Waals surface area (Å²) in [6.07, 6.45) is 0. The van der Waals surface area contributed by atoms with E-state index in [9.17, 15) is 0 Å². The van der Waals surface area contributed by atoms with Crippen LogP contribution in [-0.2, 0) is 13.2 Å². The van der Waals surface area contributed by atoms with Gasteiger partial charge in [-0.25, -0.2) is 0 Å². The SMILES string of the molecule is CC(C)N(C)CCNCc1ccc(CO)o1. The van der Waals surface area contributed by atoms with Crippen LogP contribution in [0.25, 0.3) is 0 Å². The van der Waals surface area contributed by atoms with E-state index in [1.54, 1.807) is 6.07 Å². The van der Waals surface area contributed by atoms with Crippen LogP contribution < -0.4 is 5.32 Å². The first-order chi connectivity index (χ1) is 7.63. The Hall–Kier alpha value is -0.840. The van der Waals surface area contributed by atoms with Gasteiger partial charge in [-0.1, -0.05) is 0 Å². The van der Waals surface area contributed by atoms with Gasteiger partial charge in [0.15, 0.2) is 0 Å². The highest BCUT2D eigenvalue weighted by atomic mass is 16.4. The van der Waals surface area contributed by atoms with Crippen LogP contribution in [0.15, 0.2) is 16.5 Å². The van der Waals surface area contributed by atoms with E-state index < -0.39 is 0 Å². The van der Waals surface area contributed by atoms with Gasteiger partial charge in [0, 0.05) is 19.1 Å². The smallest absolute Gasteiger partial charge is 0.129 e. The number of aliphatic hydroxyl groups is 1. The predicted molar refractivity (Wildman–Crippen MR) is 64.1 cm³/mol. The standard InChI is InChI=1S/C12H22N2O2/c1-10(2)14(3)7-6-13-8-11-4-5-12(9-15)16-11/h4-5,10,13,15H,6-9H2,1-3H3. The van der Waals surface area contributed by atoms with Crippen LogP contribution >= 0.6 is 0 Å². The van der Waals surface area contributed by atoms with Crippen molar-refractivity contribution in [2.45, 2.75) is 33.0 Å². The van der Waals surface area contributed by atoms with Crippen molar-refractivity contribution < 1.29 is 9.52 Å². The molecule has 0 atom stereocenters. The summed E-state index contributed by atoms with van der Waals surface area (Å²) in [4.78, 5) is 2.29. The summed E-state index contributed by atoms with van der Waals surface area (Å²) in [7, 11) is 2.11. The van der Waals surface area contributed by atoms with Gasteiger partial charge in [0.25, 0.3) is 0 Å². The number of aliphatic hydroxyl groups excluding tert-OH is 1. The number of nitrogens with zero attached hydrogens (tertiary/aromatic N) is 1. The summed E-state index contributed by atoms with van der Waals surface area (Å²) in [6.45, 7) is 7.00. The van der Waals surface area contributed by atoms with Crippen LogP contribution in [0.5, 0.6) is 0 Å². The Bertz CT molecular complexity index is 297. The Labute approximate surface area is 97.2 Å². The normalized spacial score (nSPS) is 11.6. The molecule has 4 heteroatoms. The van der Waals surface area contributed by atoms with Gasteiger partial charge in [-0.3, -0.25) is 0 Å². The molecule has 1 rings (SSSR count). The van der Waals surface area contributed by atoms with Crippen molar-refractivity contribution in [3.05, 3.63) is 23.7 Å². The van der Waals surface area contributed by atoms with E-state index in [0.29, 0.717) is 18.3 Å². The van der Waals surface area contributed by atoms with Gasteiger partial charge in [0.1, 0.15) is 18.1 Å². The maximum atomic E-state index is 8.84. The van der Waals surface area contributed by atoms with Gasteiger partial charge in [-0.15, -0.1) is 0 Å². The van der Waals surface area contributed by atoms with Crippen LogP contribution in [0, 0.1) is 0 Å². The van der Waals surface area contributed by atoms with Crippen molar-refractivity contribution >= 4 is 0 Å². The monoisotopic (exact) mass is 226 g/mol. The number of nitrogens with one attached hydrogen (secondary N) is 1. The van der Waals surface area contributed by atoms with Crippen LogP contribution in [0.2, 0.25) is 0 Å². The lowest BCUT2D eigenvalue weighted by molar-refractivity contribution is 0.241. The van der Waals surface area contributed by atoms with Crippen molar-refractivity contribution in [3.8, 4) is 0 Å². The zero-order valence-electron chi connectivity index (χ0n) is 10.4. The molecule has 0 aliphatic heterocycles. The molecule has 16 heavy (non-hydrogen) atoms. The maximum absolute atomic E-state index is 8.84. The molecule has 4 nitrogen and oxygen atoms in total. The third-order valence-electron chi connectivity index (χ3n) is 2.70. The number of hydrogen-bond donors (Lipinski definition) is 2. The summed E-state index contributed by atoms with van der Waals surface area (Å²) in [5.41, 5.74) is 0. The Morgan fingerprint density at radius 3 is 2.62 bits per heavy atom. The zero-order valence-corrected chi connectivity index (χ0v) is 10.4. The first kappa shape index (κ1) is 13.2. The lowest BCUT2D eigenvalue weighted by Crippen LogP contribution is -2.33. The van der Waals surface area contributed by atoms with Crippen LogP contribution in [-0.4, -0.2) is 36.2 Å². The highest BCUT2D eigenvalue weighted by Gasteiger charge is 2.03. The summed E-state index contributed by atoms with van der Waals surface area (Å²) in [5, 5.41) is 12.1. The molecule has 0 amide bonds. The fourth-order valence-corrected chi connectivity index (χ4v) is 1.33. The molecule has 0 bridgehead atoms. The molecular weight excluding hydrogens is 204 g/mol. The molecule has 0 saturated carbocycles. The van der Waals surface area contributed by atoms with Gasteiger partial charge in [0.2, 0.25) is 0 Å². The summed E-state index contributed by atoms with van der Waals surface area (Å²) in [6, 6.07) is 4.27. The molecule has 0 aromatic carbocycles. The molecule has 92 valence electrons. The number of furan rings is 1. The second-order valence-electron chi connectivity index (χ2n) is 4.28. The minimum atomic E-state index is -0.0317. The van der Waals surface area contributed by atoms with E-state index in [2.05, 4.69) is 31.1 Å². The number of likely N-dealkylation sites (N-methyl/N-ethyl adjacent to an activating group) is 1. The Balaban J connectivity index is 2.16. The maximum Gasteiger partial charge on any atom is 0.129 e. The molecule has 0 unspecified atom stereocenters. The van der Waals surface area contributed by atoms with E-state index in [4.69, 9.17) is 9.52 Å². The fraction of sp³-hybridized carbons (Fsp3) is 0.667. The van der Waals surface area contributed by atoms with Gasteiger partial charge >= 0.3 is 0 Å². The van der Waals surface area contributed by atoms with E-state index in [1.165, 1.54) is 0 Å². The summed E-state index contributed by atoms with van der Waals surface area (Å²) < 4.78 is 5.36. The molecule has 0 spiro atoms. The second kappa shape index (κ2) is 6.68. The zero-order chi connectivity index (χ0) is 12.0. The third kappa shape index (κ3) is 4.35. The van der Waals surface area contributed by atoms with E-state index in [-0.39, 0.29) is 6.61 Å². The minimum absolute atomic E-state index is 0.0317. The van der Waals surface area contributed by atoms with Crippen LogP contribution in [0.4, 0.5) is 0 Å². The molecule has 1 heterocycles. The first-order valence-electron chi connectivity index (χ1n) is 5.73. The predicted octanol–water partition coefficient (Wildman–Crippen LogP) is 1.20. The van der Waals surface area contributed by atoms with E-state index >= 15 is 0 Å². The molecule has 2 N–H and O–H groups in total. The van der Waals surface area contributed by atoms with E-state index in [0.717, 1.165) is 18.8 Å². The molecule has 0 aliphatic carbocycles. The van der Waals surface area contributed by atoms with Crippen molar-refractivity contribution in [1.82, 2.24) is 10.2 Å². The van der Waals surface area contributed by atoms with Gasteiger partial charge in [-0.2, -0.15) is 0 Å². The molecule has 0 saturated heterocycles. The highest BCUT2D eigenvalue weighted by molar-refractivity contribution is 5.05. The van der Waals surface area contributed by atoms with Gasteiger partial charge < -0.3 is 19.7 Å². The lowest BCUT2D eigenvalue weighted by Gasteiger charge is -2.20. The third-order valence-corrected chi connectivity index (χ3v) is 2.70. The number of rotatable bonds is 7. The Morgan fingerprint density at radius 1 is 1.38 bits per heavy atom. The average Bonchev–Trinajstić information content (AvgIpc) is 2.71. The van der Waals surface area contributed by atoms with Crippen LogP contribution in [0.1, 0.15) is 25.4 Å². The van der Waals surface area contributed by atoms with Crippen LogP contribution in [0.3, 0.4) is 0 Å². The van der Waals surface area contributed by atoms with Gasteiger partial charge in [0.05, 0.1) is 6.54 Å². The molecular formula is C12H22N2O2. The van der Waals surface area contributed by atoms with Crippen molar-refractivity contribution in [2.24, 2.45) is 0 Å².